The molecule has 0 saturated carbocycles. The number of carbonyl (C=O) groups is 1. The Bertz CT molecular complexity index is 780. The number of halogens is 13. The van der Waals surface area contributed by atoms with E-state index in [9.17, 15) is 57.5 Å². The summed E-state index contributed by atoms with van der Waals surface area (Å²) in [5, 5.41) is 1.04. The third-order valence-corrected chi connectivity index (χ3v) is 4.19. The molecule has 0 spiro atoms. The van der Waals surface area contributed by atoms with Crippen LogP contribution in [0.1, 0.15) is 5.56 Å². The van der Waals surface area contributed by atoms with Crippen molar-refractivity contribution >= 4 is 27.5 Å². The Morgan fingerprint density at radius 1 is 0.897 bits per heavy atom. The average Bonchev–Trinajstić information content (AvgIpc) is 2.56. The van der Waals surface area contributed by atoms with Gasteiger partial charge < -0.3 is 5.32 Å². The Balaban J connectivity index is 3.37. The highest BCUT2D eigenvalue weighted by Gasteiger charge is 2.89. The molecule has 0 aliphatic heterocycles. The summed E-state index contributed by atoms with van der Waals surface area (Å²) in [6, 6.07) is 3.13. The van der Waals surface area contributed by atoms with Gasteiger partial charge in [-0.1, -0.05) is 6.07 Å². The van der Waals surface area contributed by atoms with Gasteiger partial charge in [0, 0.05) is 4.47 Å². The largest absolute Gasteiger partial charge is 0.393 e. The van der Waals surface area contributed by atoms with Crippen LogP contribution in [0.15, 0.2) is 22.7 Å². The van der Waals surface area contributed by atoms with Crippen LogP contribution in [-0.2, 0) is 4.79 Å². The molecule has 1 N–H and O–H groups in total. The normalized spacial score (nSPS) is 14.3. The lowest BCUT2D eigenvalue weighted by atomic mass is 9.94. The summed E-state index contributed by atoms with van der Waals surface area (Å²) in [4.78, 5) is 11.4. The SMILES string of the molecule is Cc1ccc(NC(=O)C(F)(F)C(F)(F)C(F)(F)C(F)(F)C(F)(F)C(F)F)c(Br)c1. The quantitative estimate of drug-likeness (QED) is 0.436. The summed E-state index contributed by atoms with van der Waals surface area (Å²) in [6.45, 7) is 1.46. The van der Waals surface area contributed by atoms with E-state index in [0.717, 1.165) is 23.5 Å². The van der Waals surface area contributed by atoms with Gasteiger partial charge >= 0.3 is 41.9 Å². The Morgan fingerprint density at radius 3 is 1.79 bits per heavy atom. The van der Waals surface area contributed by atoms with Gasteiger partial charge in [-0.15, -0.1) is 0 Å². The van der Waals surface area contributed by atoms with E-state index in [1.807, 2.05) is 0 Å². The molecule has 0 aliphatic rings. The monoisotopic (exact) mass is 513 g/mol. The van der Waals surface area contributed by atoms with Crippen molar-refractivity contribution in [3.63, 3.8) is 0 Å². The molecular weight excluding hydrogens is 506 g/mol. The third kappa shape index (κ3) is 3.89. The van der Waals surface area contributed by atoms with Crippen LogP contribution in [0, 0.1) is 6.92 Å². The van der Waals surface area contributed by atoms with E-state index in [4.69, 9.17) is 0 Å². The van der Waals surface area contributed by atoms with Crippen LogP contribution in [0.25, 0.3) is 0 Å². The number of nitrogens with one attached hydrogen (secondary N) is 1. The molecule has 1 aromatic rings. The molecule has 0 bridgehead atoms. The smallest absolute Gasteiger partial charge is 0.320 e. The van der Waals surface area contributed by atoms with Crippen molar-refractivity contribution in [3.8, 4) is 0 Å². The van der Waals surface area contributed by atoms with Crippen molar-refractivity contribution < 1.29 is 57.5 Å². The van der Waals surface area contributed by atoms with Gasteiger partial charge in [0.1, 0.15) is 0 Å². The highest BCUT2D eigenvalue weighted by molar-refractivity contribution is 9.10. The predicted molar refractivity (Wildman–Crippen MR) is 78.2 cm³/mol. The van der Waals surface area contributed by atoms with Crippen molar-refractivity contribution in [1.82, 2.24) is 0 Å². The maximum atomic E-state index is 13.7. The van der Waals surface area contributed by atoms with E-state index in [2.05, 4.69) is 15.9 Å². The molecule has 0 fully saturated rings. The molecule has 0 aromatic heterocycles. The molecule has 0 radical (unpaired) electrons. The molecular formula is C14H8BrF12NO. The second-order valence-corrected chi connectivity index (χ2v) is 6.51. The van der Waals surface area contributed by atoms with Gasteiger partial charge in [-0.25, -0.2) is 8.78 Å². The first kappa shape index (κ1) is 25.4. The van der Waals surface area contributed by atoms with Crippen molar-refractivity contribution in [2.45, 2.75) is 43.0 Å². The first-order chi connectivity index (χ1) is 12.7. The molecule has 2 nitrogen and oxygen atoms in total. The van der Waals surface area contributed by atoms with Crippen molar-refractivity contribution in [2.75, 3.05) is 5.32 Å². The maximum absolute atomic E-state index is 13.7. The molecule has 166 valence electrons. The number of alkyl halides is 12. The minimum atomic E-state index is -7.76. The zero-order chi connectivity index (χ0) is 23.2. The van der Waals surface area contributed by atoms with Crippen LogP contribution in [0.5, 0.6) is 0 Å². The predicted octanol–water partition coefficient (Wildman–Crippen LogP) is 6.14. The fraction of sp³-hybridized carbons (Fsp3) is 0.500. The summed E-state index contributed by atoms with van der Waals surface area (Å²) in [5.74, 6) is -40.0. The second kappa shape index (κ2) is 7.54. The summed E-state index contributed by atoms with van der Waals surface area (Å²) >= 11 is 2.71. The Labute approximate surface area is 162 Å². The standard InChI is InChI=1S/C14H8BrF12NO/c1-5-2-3-7(6(15)4-5)28-9(29)11(20,21)13(24,25)14(26,27)12(22,23)10(18,19)8(16)17/h2-4,8H,1H3,(H,28,29). The summed E-state index contributed by atoms with van der Waals surface area (Å²) < 4.78 is 157. The van der Waals surface area contributed by atoms with Crippen LogP contribution >= 0.6 is 15.9 Å². The molecule has 29 heavy (non-hydrogen) atoms. The number of amides is 1. The van der Waals surface area contributed by atoms with Crippen molar-refractivity contribution in [1.29, 1.82) is 0 Å². The van der Waals surface area contributed by atoms with Crippen molar-refractivity contribution in [2.24, 2.45) is 0 Å². The van der Waals surface area contributed by atoms with E-state index in [-0.39, 0.29) is 4.47 Å². The molecule has 15 heteroatoms. The number of rotatable bonds is 7. The van der Waals surface area contributed by atoms with Crippen LogP contribution in [-0.4, -0.2) is 41.9 Å². The lowest BCUT2D eigenvalue weighted by Gasteiger charge is -2.38. The minimum Gasteiger partial charge on any atom is -0.320 e. The lowest BCUT2D eigenvalue weighted by Crippen LogP contribution is -2.70. The summed E-state index contributed by atoms with van der Waals surface area (Å²) in [6.07, 6.45) is -5.61. The molecule has 0 atom stereocenters. The molecule has 1 rings (SSSR count). The van der Waals surface area contributed by atoms with Gasteiger partial charge in [0.15, 0.2) is 0 Å². The molecule has 0 saturated heterocycles. The number of anilines is 1. The first-order valence-electron chi connectivity index (χ1n) is 7.00. The zero-order valence-electron chi connectivity index (χ0n) is 13.6. The van der Waals surface area contributed by atoms with E-state index < -0.39 is 47.6 Å². The van der Waals surface area contributed by atoms with Gasteiger partial charge in [-0.05, 0) is 40.5 Å². The van der Waals surface area contributed by atoms with Crippen LogP contribution in [0.4, 0.5) is 58.4 Å². The number of carbonyl (C=O) groups excluding carboxylic acids is 1. The third-order valence-electron chi connectivity index (χ3n) is 3.53. The molecule has 0 heterocycles. The summed E-state index contributed by atoms with van der Waals surface area (Å²) in [5.41, 5.74) is -0.239. The van der Waals surface area contributed by atoms with Gasteiger partial charge in [0.05, 0.1) is 5.69 Å². The number of hydrogen-bond donors (Lipinski definition) is 1. The van der Waals surface area contributed by atoms with E-state index in [1.165, 1.54) is 6.92 Å². The van der Waals surface area contributed by atoms with Gasteiger partial charge in [-0.3, -0.25) is 4.79 Å². The summed E-state index contributed by atoms with van der Waals surface area (Å²) in [7, 11) is 0. The molecule has 1 amide bonds. The second-order valence-electron chi connectivity index (χ2n) is 5.66. The number of benzene rings is 1. The minimum absolute atomic E-state index is 0.216. The highest BCUT2D eigenvalue weighted by Crippen LogP contribution is 2.58. The molecule has 0 aliphatic carbocycles. The fourth-order valence-electron chi connectivity index (χ4n) is 1.81. The van der Waals surface area contributed by atoms with Gasteiger partial charge in [0.25, 0.3) is 0 Å². The maximum Gasteiger partial charge on any atom is 0.393 e. The highest BCUT2D eigenvalue weighted by atomic mass is 79.9. The van der Waals surface area contributed by atoms with E-state index in [0.29, 0.717) is 5.56 Å². The average molecular weight is 514 g/mol. The molecule has 1 aromatic carbocycles. The lowest BCUT2D eigenvalue weighted by molar-refractivity contribution is -0.406. The van der Waals surface area contributed by atoms with E-state index in [1.54, 1.807) is 0 Å². The Kier molecular flexibility index (Phi) is 6.60. The fourth-order valence-corrected chi connectivity index (χ4v) is 2.40. The van der Waals surface area contributed by atoms with Crippen molar-refractivity contribution in [3.05, 3.63) is 28.2 Å². The zero-order valence-corrected chi connectivity index (χ0v) is 15.2. The van der Waals surface area contributed by atoms with Crippen LogP contribution < -0.4 is 5.32 Å². The van der Waals surface area contributed by atoms with Gasteiger partial charge in [0.2, 0.25) is 0 Å². The van der Waals surface area contributed by atoms with E-state index >= 15 is 0 Å². The topological polar surface area (TPSA) is 29.1 Å². The Hall–Kier alpha value is -1.67. The van der Waals surface area contributed by atoms with Crippen LogP contribution in [0.2, 0.25) is 0 Å². The number of hydrogen-bond acceptors (Lipinski definition) is 1. The van der Waals surface area contributed by atoms with Crippen LogP contribution in [0.3, 0.4) is 0 Å². The Morgan fingerprint density at radius 2 is 1.38 bits per heavy atom. The van der Waals surface area contributed by atoms with Gasteiger partial charge in [-0.2, -0.15) is 43.9 Å². The first-order valence-corrected chi connectivity index (χ1v) is 7.79. The number of aryl methyl sites for hydroxylation is 1. The molecule has 0 unspecified atom stereocenters.